The first-order chi connectivity index (χ1) is 11.2. The van der Waals surface area contributed by atoms with E-state index in [1.165, 1.54) is 11.3 Å². The van der Waals surface area contributed by atoms with Crippen LogP contribution in [0.4, 0.5) is 11.4 Å². The zero-order valence-electron chi connectivity index (χ0n) is 14.4. The highest BCUT2D eigenvalue weighted by atomic mass is 127. The number of para-hydroxylation sites is 1. The summed E-state index contributed by atoms with van der Waals surface area (Å²) in [4.78, 5) is 6.62. The van der Waals surface area contributed by atoms with Gasteiger partial charge in [0.25, 0.3) is 0 Å². The summed E-state index contributed by atoms with van der Waals surface area (Å²) in [5.74, 6) is 0.473. The topological polar surface area (TPSA) is 53.6 Å². The smallest absolute Gasteiger partial charge is 0.193 e. The van der Waals surface area contributed by atoms with E-state index in [1.54, 1.807) is 0 Å². The Labute approximate surface area is 162 Å². The molecule has 0 radical (unpaired) electrons. The number of nitrogens with two attached hydrogens (primary N) is 1. The van der Waals surface area contributed by atoms with E-state index in [2.05, 4.69) is 65.6 Å². The first-order valence-electron chi connectivity index (χ1n) is 8.11. The molecule has 0 aliphatic heterocycles. The molecule has 0 aliphatic carbocycles. The van der Waals surface area contributed by atoms with E-state index in [9.17, 15) is 0 Å². The number of guanidine groups is 1. The van der Waals surface area contributed by atoms with E-state index in [-0.39, 0.29) is 24.0 Å². The third-order valence-corrected chi connectivity index (χ3v) is 3.74. The number of hydrogen-bond donors (Lipinski definition) is 2. The van der Waals surface area contributed by atoms with Gasteiger partial charge in [-0.15, -0.1) is 24.0 Å². The molecule has 0 spiro atoms. The molecular formula is C19H27IN4. The van der Waals surface area contributed by atoms with Crippen molar-refractivity contribution < 1.29 is 0 Å². The monoisotopic (exact) mass is 438 g/mol. The van der Waals surface area contributed by atoms with Crippen molar-refractivity contribution in [2.24, 2.45) is 10.7 Å². The second kappa shape index (κ2) is 10.9. The quantitative estimate of drug-likeness (QED) is 0.296. The normalized spacial score (nSPS) is 10.8. The van der Waals surface area contributed by atoms with Gasteiger partial charge in [0.05, 0.1) is 0 Å². The van der Waals surface area contributed by atoms with E-state index >= 15 is 0 Å². The van der Waals surface area contributed by atoms with Crippen molar-refractivity contribution in [3.63, 3.8) is 0 Å². The highest BCUT2D eigenvalue weighted by Gasteiger charge is 1.99. The lowest BCUT2D eigenvalue weighted by Gasteiger charge is -2.18. The number of aryl methyl sites for hydroxylation is 1. The van der Waals surface area contributed by atoms with Crippen LogP contribution in [0.25, 0.3) is 0 Å². The minimum absolute atomic E-state index is 0. The Morgan fingerprint density at radius 2 is 1.88 bits per heavy atom. The van der Waals surface area contributed by atoms with Gasteiger partial charge in [-0.3, -0.25) is 4.99 Å². The predicted molar refractivity (Wildman–Crippen MR) is 116 cm³/mol. The number of nitrogens with zero attached hydrogens (tertiary/aromatic N) is 2. The van der Waals surface area contributed by atoms with Crippen molar-refractivity contribution in [1.29, 1.82) is 0 Å². The van der Waals surface area contributed by atoms with E-state index in [1.807, 2.05) is 18.2 Å². The fraction of sp³-hybridized carbons (Fsp3) is 0.316. The van der Waals surface area contributed by atoms with Gasteiger partial charge in [-0.2, -0.15) is 0 Å². The lowest BCUT2D eigenvalue weighted by molar-refractivity contribution is 0.795. The summed E-state index contributed by atoms with van der Waals surface area (Å²) in [5, 5.41) is 3.15. The van der Waals surface area contributed by atoms with Gasteiger partial charge in [0.2, 0.25) is 0 Å². The van der Waals surface area contributed by atoms with Crippen LogP contribution < -0.4 is 16.0 Å². The summed E-state index contributed by atoms with van der Waals surface area (Å²) in [6, 6.07) is 18.6. The summed E-state index contributed by atoms with van der Waals surface area (Å²) in [5.41, 5.74) is 9.45. The lowest BCUT2D eigenvalue weighted by atomic mass is 10.1. The highest BCUT2D eigenvalue weighted by Crippen LogP contribution is 2.12. The van der Waals surface area contributed by atoms with Crippen LogP contribution in [-0.2, 0) is 6.42 Å². The molecule has 0 unspecified atom stereocenters. The average molecular weight is 438 g/mol. The Bertz CT molecular complexity index is 628. The van der Waals surface area contributed by atoms with Gasteiger partial charge >= 0.3 is 0 Å². The summed E-state index contributed by atoms with van der Waals surface area (Å²) in [6.07, 6.45) is 1.97. The van der Waals surface area contributed by atoms with Crippen LogP contribution in [-0.4, -0.2) is 26.1 Å². The molecule has 130 valence electrons. The first-order valence-corrected chi connectivity index (χ1v) is 8.11. The van der Waals surface area contributed by atoms with Crippen molar-refractivity contribution in [3.8, 4) is 0 Å². The van der Waals surface area contributed by atoms with Crippen molar-refractivity contribution in [3.05, 3.63) is 60.2 Å². The molecule has 0 aliphatic rings. The molecule has 0 saturated heterocycles. The number of nitrogens with one attached hydrogen (secondary N) is 1. The molecular weight excluding hydrogens is 411 g/mol. The van der Waals surface area contributed by atoms with Crippen LogP contribution in [0.15, 0.2) is 59.6 Å². The van der Waals surface area contributed by atoms with Gasteiger partial charge < -0.3 is 16.0 Å². The molecule has 0 aromatic heterocycles. The largest absolute Gasteiger partial charge is 0.375 e. The summed E-state index contributed by atoms with van der Waals surface area (Å²) in [7, 11) is 2.09. The van der Waals surface area contributed by atoms with E-state index in [0.29, 0.717) is 12.5 Å². The molecule has 5 heteroatoms. The minimum atomic E-state index is 0. The standard InChI is InChI=1S/C19H26N4.HI/c1-3-16-9-7-10-17(15-16)22-19(20)21-13-8-14-23(2)18-11-5-4-6-12-18;/h4-7,9-12,15H,3,8,13-14H2,1-2H3,(H3,20,21,22);1H. The Morgan fingerprint density at radius 3 is 2.58 bits per heavy atom. The molecule has 0 fully saturated rings. The zero-order chi connectivity index (χ0) is 16.5. The number of hydrogen-bond acceptors (Lipinski definition) is 2. The van der Waals surface area contributed by atoms with Crippen LogP contribution in [0.5, 0.6) is 0 Å². The predicted octanol–water partition coefficient (Wildman–Crippen LogP) is 4.12. The Balaban J connectivity index is 0.00000288. The first kappa shape index (κ1) is 20.3. The number of rotatable bonds is 7. The summed E-state index contributed by atoms with van der Waals surface area (Å²) >= 11 is 0. The molecule has 3 N–H and O–H groups in total. The van der Waals surface area contributed by atoms with Crippen molar-refractivity contribution in [2.45, 2.75) is 19.8 Å². The SMILES string of the molecule is CCc1cccc(NC(N)=NCCCN(C)c2ccccc2)c1.I. The van der Waals surface area contributed by atoms with Gasteiger partial charge in [0.15, 0.2) is 5.96 Å². The number of halogens is 1. The second-order valence-electron chi connectivity index (χ2n) is 5.56. The number of anilines is 2. The number of aliphatic imine (C=N–C) groups is 1. The fourth-order valence-corrected chi connectivity index (χ4v) is 2.38. The Morgan fingerprint density at radius 1 is 1.12 bits per heavy atom. The van der Waals surface area contributed by atoms with Gasteiger partial charge in [-0.05, 0) is 42.7 Å². The van der Waals surface area contributed by atoms with Gasteiger partial charge in [-0.25, -0.2) is 0 Å². The van der Waals surface area contributed by atoms with Crippen molar-refractivity contribution >= 4 is 41.3 Å². The molecule has 2 rings (SSSR count). The van der Waals surface area contributed by atoms with Gasteiger partial charge in [0, 0.05) is 31.5 Å². The molecule has 0 amide bonds. The van der Waals surface area contributed by atoms with Crippen LogP contribution in [0.3, 0.4) is 0 Å². The van der Waals surface area contributed by atoms with Crippen molar-refractivity contribution in [1.82, 2.24) is 0 Å². The maximum absolute atomic E-state index is 5.95. The fourth-order valence-electron chi connectivity index (χ4n) is 2.38. The maximum atomic E-state index is 5.95. The van der Waals surface area contributed by atoms with E-state index in [4.69, 9.17) is 5.73 Å². The summed E-state index contributed by atoms with van der Waals surface area (Å²) in [6.45, 7) is 3.80. The highest BCUT2D eigenvalue weighted by molar-refractivity contribution is 14.0. The molecule has 0 heterocycles. The minimum Gasteiger partial charge on any atom is -0.375 e. The summed E-state index contributed by atoms with van der Waals surface area (Å²) < 4.78 is 0. The molecule has 0 saturated carbocycles. The lowest BCUT2D eigenvalue weighted by Crippen LogP contribution is -2.24. The molecule has 0 atom stereocenters. The third kappa shape index (κ3) is 6.78. The Hall–Kier alpha value is -1.76. The average Bonchev–Trinajstić information content (AvgIpc) is 2.59. The van der Waals surface area contributed by atoms with Gasteiger partial charge in [0.1, 0.15) is 0 Å². The molecule has 4 nitrogen and oxygen atoms in total. The van der Waals surface area contributed by atoms with Crippen LogP contribution in [0, 0.1) is 0 Å². The molecule has 2 aromatic carbocycles. The zero-order valence-corrected chi connectivity index (χ0v) is 16.7. The van der Waals surface area contributed by atoms with Crippen LogP contribution in [0.2, 0.25) is 0 Å². The third-order valence-electron chi connectivity index (χ3n) is 3.74. The molecule has 2 aromatic rings. The van der Waals surface area contributed by atoms with Crippen LogP contribution >= 0.6 is 24.0 Å². The van der Waals surface area contributed by atoms with E-state index in [0.717, 1.165) is 25.1 Å². The van der Waals surface area contributed by atoms with E-state index < -0.39 is 0 Å². The van der Waals surface area contributed by atoms with Crippen LogP contribution in [0.1, 0.15) is 18.9 Å². The van der Waals surface area contributed by atoms with Gasteiger partial charge in [-0.1, -0.05) is 37.3 Å². The Kier molecular flexibility index (Phi) is 9.22. The number of benzene rings is 2. The second-order valence-corrected chi connectivity index (χ2v) is 5.56. The van der Waals surface area contributed by atoms with Crippen molar-refractivity contribution in [2.75, 3.05) is 30.4 Å². The molecule has 0 bridgehead atoms. The maximum Gasteiger partial charge on any atom is 0.193 e. The molecule has 24 heavy (non-hydrogen) atoms.